The Kier molecular flexibility index (Phi) is 6.15. The van der Waals surface area contributed by atoms with E-state index in [0.29, 0.717) is 18.7 Å². The molecule has 168 valence electrons. The molecular formula is C21H25N7O4. The molecule has 2 aromatic rings. The molecule has 0 bridgehead atoms. The second-order valence-electron chi connectivity index (χ2n) is 7.85. The van der Waals surface area contributed by atoms with Gasteiger partial charge in [0, 0.05) is 45.3 Å². The van der Waals surface area contributed by atoms with Gasteiger partial charge in [0.1, 0.15) is 23.5 Å². The molecule has 32 heavy (non-hydrogen) atoms. The third-order valence-electron chi connectivity index (χ3n) is 5.78. The fraction of sp³-hybridized carbons (Fsp3) is 0.429. The highest BCUT2D eigenvalue weighted by atomic mass is 16.2. The third kappa shape index (κ3) is 4.32. The van der Waals surface area contributed by atoms with Crippen molar-refractivity contribution >= 4 is 23.6 Å². The zero-order valence-corrected chi connectivity index (χ0v) is 17.7. The van der Waals surface area contributed by atoms with Crippen LogP contribution in [0.1, 0.15) is 33.8 Å². The van der Waals surface area contributed by atoms with Crippen LogP contribution in [0.25, 0.3) is 0 Å². The van der Waals surface area contributed by atoms with Crippen molar-refractivity contribution in [1.29, 1.82) is 0 Å². The molecule has 11 heteroatoms. The summed E-state index contributed by atoms with van der Waals surface area (Å²) in [5, 5.41) is 5.49. The Bertz CT molecular complexity index is 1020. The predicted molar refractivity (Wildman–Crippen MR) is 112 cm³/mol. The van der Waals surface area contributed by atoms with Gasteiger partial charge in [-0.15, -0.1) is 0 Å². The molecule has 4 rings (SSSR count). The first-order valence-electron chi connectivity index (χ1n) is 10.5. The number of nitrogens with zero attached hydrogens (tertiary/aromatic N) is 5. The lowest BCUT2D eigenvalue weighted by atomic mass is 10.0. The molecule has 2 saturated heterocycles. The SMILES string of the molecule is Cn1cccc1C(=O)N1CCN(C(=O)c2cnccn2)[C@H](C(=O)N[C@H]2CCCNC2=O)C1. The van der Waals surface area contributed by atoms with Gasteiger partial charge < -0.3 is 25.0 Å². The first kappa shape index (κ1) is 21.5. The van der Waals surface area contributed by atoms with Crippen LogP contribution in [0.4, 0.5) is 0 Å². The number of hydrogen-bond acceptors (Lipinski definition) is 6. The van der Waals surface area contributed by atoms with Crippen LogP contribution < -0.4 is 10.6 Å². The Labute approximate surface area is 184 Å². The van der Waals surface area contributed by atoms with Crippen LogP contribution in [0.5, 0.6) is 0 Å². The van der Waals surface area contributed by atoms with Crippen LogP contribution in [0.3, 0.4) is 0 Å². The van der Waals surface area contributed by atoms with E-state index in [2.05, 4.69) is 20.6 Å². The Morgan fingerprint density at radius 2 is 2.03 bits per heavy atom. The number of amides is 4. The van der Waals surface area contributed by atoms with E-state index in [-0.39, 0.29) is 37.1 Å². The molecule has 11 nitrogen and oxygen atoms in total. The number of rotatable bonds is 4. The lowest BCUT2D eigenvalue weighted by Gasteiger charge is -2.40. The minimum Gasteiger partial charge on any atom is -0.354 e. The van der Waals surface area contributed by atoms with Crippen molar-refractivity contribution in [3.63, 3.8) is 0 Å². The molecule has 4 heterocycles. The number of carbonyl (C=O) groups excluding carboxylic acids is 4. The summed E-state index contributed by atoms with van der Waals surface area (Å²) < 4.78 is 1.71. The number of carbonyl (C=O) groups is 4. The van der Waals surface area contributed by atoms with E-state index >= 15 is 0 Å². The van der Waals surface area contributed by atoms with Gasteiger partial charge in [-0.25, -0.2) is 4.98 Å². The van der Waals surface area contributed by atoms with Gasteiger partial charge in [-0.05, 0) is 25.0 Å². The van der Waals surface area contributed by atoms with Gasteiger partial charge in [0.05, 0.1) is 12.7 Å². The molecule has 2 aliphatic rings. The van der Waals surface area contributed by atoms with Crippen molar-refractivity contribution in [3.8, 4) is 0 Å². The maximum absolute atomic E-state index is 13.2. The van der Waals surface area contributed by atoms with Crippen molar-refractivity contribution in [2.45, 2.75) is 24.9 Å². The van der Waals surface area contributed by atoms with Gasteiger partial charge in [-0.3, -0.25) is 24.2 Å². The topological polar surface area (TPSA) is 130 Å². The molecule has 0 aliphatic carbocycles. The van der Waals surface area contributed by atoms with Crippen molar-refractivity contribution in [3.05, 3.63) is 48.3 Å². The fourth-order valence-corrected chi connectivity index (χ4v) is 4.01. The molecule has 2 atom stereocenters. The summed E-state index contributed by atoms with van der Waals surface area (Å²) in [6.07, 6.45) is 7.25. The summed E-state index contributed by atoms with van der Waals surface area (Å²) in [7, 11) is 1.77. The van der Waals surface area contributed by atoms with E-state index in [0.717, 1.165) is 6.42 Å². The van der Waals surface area contributed by atoms with Gasteiger partial charge in [0.25, 0.3) is 11.8 Å². The van der Waals surface area contributed by atoms with E-state index in [1.165, 1.54) is 23.5 Å². The number of piperazine rings is 1. The summed E-state index contributed by atoms with van der Waals surface area (Å²) in [5.74, 6) is -1.40. The lowest BCUT2D eigenvalue weighted by molar-refractivity contribution is -0.133. The molecule has 4 amide bonds. The number of aromatic nitrogens is 3. The number of aryl methyl sites for hydroxylation is 1. The minimum absolute atomic E-state index is 0.0101. The van der Waals surface area contributed by atoms with Gasteiger partial charge >= 0.3 is 0 Å². The minimum atomic E-state index is -0.961. The second kappa shape index (κ2) is 9.16. The summed E-state index contributed by atoms with van der Waals surface area (Å²) in [6.45, 7) is 1.01. The maximum Gasteiger partial charge on any atom is 0.274 e. The highest BCUT2D eigenvalue weighted by Gasteiger charge is 2.39. The lowest BCUT2D eigenvalue weighted by Crippen LogP contribution is -2.63. The number of piperidine rings is 1. The normalized spacial score (nSPS) is 21.1. The van der Waals surface area contributed by atoms with Crippen molar-refractivity contribution in [1.82, 2.24) is 35.0 Å². The molecule has 2 fully saturated rings. The zero-order valence-electron chi connectivity index (χ0n) is 17.7. The molecule has 0 saturated carbocycles. The van der Waals surface area contributed by atoms with Gasteiger partial charge in [-0.2, -0.15) is 0 Å². The molecule has 2 N–H and O–H groups in total. The molecule has 0 spiro atoms. The van der Waals surface area contributed by atoms with Gasteiger partial charge in [0.2, 0.25) is 11.8 Å². The summed E-state index contributed by atoms with van der Waals surface area (Å²) >= 11 is 0. The van der Waals surface area contributed by atoms with Crippen molar-refractivity contribution in [2.75, 3.05) is 26.2 Å². The van der Waals surface area contributed by atoms with E-state index < -0.39 is 23.9 Å². The van der Waals surface area contributed by atoms with Crippen molar-refractivity contribution < 1.29 is 19.2 Å². The van der Waals surface area contributed by atoms with Crippen LogP contribution >= 0.6 is 0 Å². The van der Waals surface area contributed by atoms with E-state index in [1.807, 2.05) is 0 Å². The first-order valence-corrected chi connectivity index (χ1v) is 10.5. The van der Waals surface area contributed by atoms with Crippen LogP contribution in [0, 0.1) is 0 Å². The Morgan fingerprint density at radius 3 is 2.72 bits per heavy atom. The standard InChI is InChI=1S/C21H25N7O4/c1-26-9-3-5-16(26)21(32)27-10-11-28(20(31)15-12-22-7-8-23-15)17(13-27)19(30)25-14-4-2-6-24-18(14)29/h3,5,7-9,12,14,17H,2,4,6,10-11,13H2,1H3,(H,24,29)(H,25,30)/t14-,17-/m0/s1. The largest absolute Gasteiger partial charge is 0.354 e. The summed E-state index contributed by atoms with van der Waals surface area (Å²) in [5.41, 5.74) is 0.604. The molecular weight excluding hydrogens is 414 g/mol. The molecule has 2 aliphatic heterocycles. The highest BCUT2D eigenvalue weighted by molar-refractivity contribution is 5.98. The predicted octanol–water partition coefficient (Wildman–Crippen LogP) is -0.823. The molecule has 0 aromatic carbocycles. The Balaban J connectivity index is 1.56. The monoisotopic (exact) mass is 439 g/mol. The highest BCUT2D eigenvalue weighted by Crippen LogP contribution is 2.17. The summed E-state index contributed by atoms with van der Waals surface area (Å²) in [4.78, 5) is 62.4. The second-order valence-corrected chi connectivity index (χ2v) is 7.85. The maximum atomic E-state index is 13.2. The summed E-state index contributed by atoms with van der Waals surface area (Å²) in [6, 6.07) is 1.86. The van der Waals surface area contributed by atoms with E-state index in [9.17, 15) is 19.2 Å². The van der Waals surface area contributed by atoms with Gasteiger partial charge in [0.15, 0.2) is 0 Å². The average Bonchev–Trinajstić information content (AvgIpc) is 3.25. The fourth-order valence-electron chi connectivity index (χ4n) is 4.01. The number of nitrogens with one attached hydrogen (secondary N) is 2. The zero-order chi connectivity index (χ0) is 22.7. The van der Waals surface area contributed by atoms with Crippen molar-refractivity contribution in [2.24, 2.45) is 7.05 Å². The van der Waals surface area contributed by atoms with Gasteiger partial charge in [-0.1, -0.05) is 0 Å². The molecule has 2 aromatic heterocycles. The Hall–Kier alpha value is -3.76. The molecule has 0 radical (unpaired) electrons. The average molecular weight is 439 g/mol. The van der Waals surface area contributed by atoms with E-state index in [4.69, 9.17) is 0 Å². The first-order chi connectivity index (χ1) is 15.5. The third-order valence-corrected chi connectivity index (χ3v) is 5.78. The van der Waals surface area contributed by atoms with E-state index in [1.54, 1.807) is 34.8 Å². The number of hydrogen-bond donors (Lipinski definition) is 2. The smallest absolute Gasteiger partial charge is 0.274 e. The Morgan fingerprint density at radius 1 is 1.19 bits per heavy atom. The van der Waals surface area contributed by atoms with Crippen LogP contribution in [-0.2, 0) is 16.6 Å². The van der Waals surface area contributed by atoms with Crippen LogP contribution in [0.2, 0.25) is 0 Å². The quantitative estimate of drug-likeness (QED) is 0.640. The van der Waals surface area contributed by atoms with Crippen LogP contribution in [-0.4, -0.2) is 86.2 Å². The van der Waals surface area contributed by atoms with Crippen LogP contribution in [0.15, 0.2) is 36.9 Å². The molecule has 0 unspecified atom stereocenters.